The number of hydrogen-bond donors (Lipinski definition) is 1. The highest BCUT2D eigenvalue weighted by Crippen LogP contribution is 2.29. The van der Waals surface area contributed by atoms with Crippen LogP contribution in [0.1, 0.15) is 44.1 Å². The van der Waals surface area contributed by atoms with E-state index in [1.165, 1.54) is 5.56 Å². The monoisotopic (exact) mass is 294 g/mol. The molecule has 1 fully saturated rings. The summed E-state index contributed by atoms with van der Waals surface area (Å²) in [5.41, 5.74) is 7.23. The third-order valence-corrected chi connectivity index (χ3v) is 4.32. The summed E-state index contributed by atoms with van der Waals surface area (Å²) in [4.78, 5) is 14.1. The van der Waals surface area contributed by atoms with E-state index in [1.54, 1.807) is 0 Å². The lowest BCUT2D eigenvalue weighted by molar-refractivity contribution is -0.133. The molecule has 2 N–H and O–H groups in total. The molecule has 1 heterocycles. The predicted octanol–water partition coefficient (Wildman–Crippen LogP) is 3.17. The van der Waals surface area contributed by atoms with Crippen molar-refractivity contribution < 1.29 is 4.79 Å². The van der Waals surface area contributed by atoms with Gasteiger partial charge >= 0.3 is 0 Å². The van der Waals surface area contributed by atoms with Crippen molar-refractivity contribution in [3.05, 3.63) is 34.9 Å². The highest BCUT2D eigenvalue weighted by Gasteiger charge is 2.26. The Morgan fingerprint density at radius 3 is 2.50 bits per heavy atom. The first-order valence-corrected chi connectivity index (χ1v) is 7.79. The second-order valence-electron chi connectivity index (χ2n) is 5.55. The largest absolute Gasteiger partial charge is 0.341 e. The molecule has 0 aromatic heterocycles. The van der Waals surface area contributed by atoms with Gasteiger partial charge in [-0.15, -0.1) is 0 Å². The third kappa shape index (κ3) is 3.74. The fraction of sp³-hybridized carbons (Fsp3) is 0.562. The minimum absolute atomic E-state index is 0.112. The Kier molecular flexibility index (Phi) is 5.44. The zero-order valence-electron chi connectivity index (χ0n) is 12.0. The number of halogens is 1. The van der Waals surface area contributed by atoms with Gasteiger partial charge in [0.1, 0.15) is 0 Å². The van der Waals surface area contributed by atoms with Crippen LogP contribution in [0.4, 0.5) is 0 Å². The van der Waals surface area contributed by atoms with Crippen LogP contribution >= 0.6 is 11.6 Å². The number of amides is 1. The Morgan fingerprint density at radius 2 is 1.95 bits per heavy atom. The summed E-state index contributed by atoms with van der Waals surface area (Å²) in [7, 11) is 0. The van der Waals surface area contributed by atoms with E-state index >= 15 is 0 Å². The van der Waals surface area contributed by atoms with Crippen molar-refractivity contribution in [3.63, 3.8) is 0 Å². The van der Waals surface area contributed by atoms with Crippen LogP contribution in [-0.2, 0) is 4.79 Å². The lowest BCUT2D eigenvalue weighted by atomic mass is 9.89. The van der Waals surface area contributed by atoms with Crippen molar-refractivity contribution in [2.24, 2.45) is 5.73 Å². The normalized spacial score (nSPS) is 18.1. The van der Waals surface area contributed by atoms with Crippen LogP contribution in [0.2, 0.25) is 5.02 Å². The Bertz CT molecular complexity index is 438. The fourth-order valence-electron chi connectivity index (χ4n) is 2.84. The SMILES string of the molecule is CCC[C@@H](N)C(=O)N1CCC(c2ccc(Cl)cc2)CC1. The number of benzene rings is 1. The summed E-state index contributed by atoms with van der Waals surface area (Å²) >= 11 is 5.91. The van der Waals surface area contributed by atoms with Crippen LogP contribution in [0.3, 0.4) is 0 Å². The van der Waals surface area contributed by atoms with Crippen LogP contribution in [0.25, 0.3) is 0 Å². The fourth-order valence-corrected chi connectivity index (χ4v) is 2.96. The Balaban J connectivity index is 1.89. The molecule has 110 valence electrons. The molecule has 0 aliphatic carbocycles. The minimum Gasteiger partial charge on any atom is -0.341 e. The molecule has 0 unspecified atom stereocenters. The lowest BCUT2D eigenvalue weighted by Crippen LogP contribution is -2.46. The van der Waals surface area contributed by atoms with Crippen LogP contribution in [0.5, 0.6) is 0 Å². The molecule has 1 aliphatic rings. The van der Waals surface area contributed by atoms with Crippen LogP contribution in [-0.4, -0.2) is 29.9 Å². The van der Waals surface area contributed by atoms with E-state index in [4.69, 9.17) is 17.3 Å². The van der Waals surface area contributed by atoms with Gasteiger partial charge in [-0.25, -0.2) is 0 Å². The smallest absolute Gasteiger partial charge is 0.239 e. The van der Waals surface area contributed by atoms with E-state index in [-0.39, 0.29) is 11.9 Å². The second kappa shape index (κ2) is 7.09. The van der Waals surface area contributed by atoms with Gasteiger partial charge in [0.2, 0.25) is 5.91 Å². The molecule has 0 bridgehead atoms. The molecule has 4 heteroatoms. The summed E-state index contributed by atoms with van der Waals surface area (Å²) < 4.78 is 0. The number of likely N-dealkylation sites (tertiary alicyclic amines) is 1. The van der Waals surface area contributed by atoms with E-state index in [2.05, 4.69) is 19.1 Å². The van der Waals surface area contributed by atoms with Gasteiger partial charge in [0.05, 0.1) is 6.04 Å². The van der Waals surface area contributed by atoms with Crippen molar-refractivity contribution in [2.75, 3.05) is 13.1 Å². The van der Waals surface area contributed by atoms with Crippen molar-refractivity contribution in [1.82, 2.24) is 4.90 Å². The topological polar surface area (TPSA) is 46.3 Å². The zero-order chi connectivity index (χ0) is 14.5. The number of carbonyl (C=O) groups is 1. The number of nitrogens with zero attached hydrogens (tertiary/aromatic N) is 1. The molecule has 1 aromatic rings. The molecule has 2 rings (SSSR count). The van der Waals surface area contributed by atoms with Gasteiger partial charge in [-0.3, -0.25) is 4.79 Å². The second-order valence-corrected chi connectivity index (χ2v) is 5.98. The van der Waals surface area contributed by atoms with Crippen LogP contribution < -0.4 is 5.73 Å². The summed E-state index contributed by atoms with van der Waals surface area (Å²) in [6.45, 7) is 3.67. The Hall–Kier alpha value is -1.06. The maximum absolute atomic E-state index is 12.2. The average Bonchev–Trinajstić information content (AvgIpc) is 2.48. The van der Waals surface area contributed by atoms with Gasteiger partial charge < -0.3 is 10.6 Å². The molecule has 0 radical (unpaired) electrons. The first-order valence-electron chi connectivity index (χ1n) is 7.41. The van der Waals surface area contributed by atoms with Crippen LogP contribution in [0.15, 0.2) is 24.3 Å². The van der Waals surface area contributed by atoms with Crippen molar-refractivity contribution in [1.29, 1.82) is 0 Å². The number of nitrogens with two attached hydrogens (primary N) is 1. The van der Waals surface area contributed by atoms with E-state index < -0.39 is 0 Å². The lowest BCUT2D eigenvalue weighted by Gasteiger charge is -2.33. The van der Waals surface area contributed by atoms with Gasteiger partial charge in [0, 0.05) is 18.1 Å². The van der Waals surface area contributed by atoms with Gasteiger partial charge in [0.25, 0.3) is 0 Å². The molecule has 1 atom stereocenters. The van der Waals surface area contributed by atoms with E-state index in [0.29, 0.717) is 5.92 Å². The Morgan fingerprint density at radius 1 is 1.35 bits per heavy atom. The molecule has 1 aliphatic heterocycles. The van der Waals surface area contributed by atoms with Gasteiger partial charge in [-0.2, -0.15) is 0 Å². The van der Waals surface area contributed by atoms with Gasteiger partial charge in [-0.05, 0) is 42.9 Å². The van der Waals surface area contributed by atoms with Crippen molar-refractivity contribution in [3.8, 4) is 0 Å². The molecule has 3 nitrogen and oxygen atoms in total. The quantitative estimate of drug-likeness (QED) is 0.927. The number of piperidine rings is 1. The summed E-state index contributed by atoms with van der Waals surface area (Å²) in [5.74, 6) is 0.639. The molecule has 0 saturated carbocycles. The van der Waals surface area contributed by atoms with E-state index in [0.717, 1.165) is 43.8 Å². The predicted molar refractivity (Wildman–Crippen MR) is 82.9 cm³/mol. The molecule has 20 heavy (non-hydrogen) atoms. The van der Waals surface area contributed by atoms with Crippen molar-refractivity contribution in [2.45, 2.75) is 44.6 Å². The minimum atomic E-state index is -0.327. The molecular formula is C16H23ClN2O. The van der Waals surface area contributed by atoms with Gasteiger partial charge in [0.15, 0.2) is 0 Å². The molecule has 1 aromatic carbocycles. The highest BCUT2D eigenvalue weighted by molar-refractivity contribution is 6.30. The molecular weight excluding hydrogens is 272 g/mol. The van der Waals surface area contributed by atoms with Crippen LogP contribution in [0, 0.1) is 0 Å². The standard InChI is InChI=1S/C16H23ClN2O/c1-2-3-15(18)16(20)19-10-8-13(9-11-19)12-4-6-14(17)7-5-12/h4-7,13,15H,2-3,8-11,18H2,1H3/t15-/m1/s1. The summed E-state index contributed by atoms with van der Waals surface area (Å²) in [6.07, 6.45) is 3.74. The first kappa shape index (κ1) is 15.3. The number of rotatable bonds is 4. The summed E-state index contributed by atoms with van der Waals surface area (Å²) in [6, 6.07) is 7.73. The molecule has 0 spiro atoms. The summed E-state index contributed by atoms with van der Waals surface area (Å²) in [5, 5.41) is 0.770. The molecule has 1 saturated heterocycles. The third-order valence-electron chi connectivity index (χ3n) is 4.06. The number of carbonyl (C=O) groups excluding carboxylic acids is 1. The first-order chi connectivity index (χ1) is 9.61. The van der Waals surface area contributed by atoms with Gasteiger partial charge in [-0.1, -0.05) is 37.1 Å². The maximum atomic E-state index is 12.2. The van der Waals surface area contributed by atoms with Crippen molar-refractivity contribution >= 4 is 17.5 Å². The molecule has 1 amide bonds. The van der Waals surface area contributed by atoms with E-state index in [1.807, 2.05) is 17.0 Å². The maximum Gasteiger partial charge on any atom is 0.239 e. The Labute approximate surface area is 126 Å². The highest BCUT2D eigenvalue weighted by atomic mass is 35.5. The van der Waals surface area contributed by atoms with E-state index in [9.17, 15) is 4.79 Å². The number of hydrogen-bond acceptors (Lipinski definition) is 2. The average molecular weight is 295 g/mol. The zero-order valence-corrected chi connectivity index (χ0v) is 12.8.